The molecule has 2 fully saturated rings. The van der Waals surface area contributed by atoms with Crippen LogP contribution in [0.1, 0.15) is 12.0 Å². The molecule has 0 bridgehead atoms. The Bertz CT molecular complexity index is 865. The van der Waals surface area contributed by atoms with Gasteiger partial charge in [-0.2, -0.15) is 0 Å². The van der Waals surface area contributed by atoms with Crippen molar-refractivity contribution in [2.45, 2.75) is 12.8 Å². The first-order valence-electron chi connectivity index (χ1n) is 10.2. The predicted molar refractivity (Wildman–Crippen MR) is 115 cm³/mol. The zero-order valence-electron chi connectivity index (χ0n) is 16.5. The van der Waals surface area contributed by atoms with E-state index < -0.39 is 0 Å². The lowest BCUT2D eigenvalue weighted by atomic mass is 10.1. The zero-order valence-corrected chi connectivity index (χ0v) is 17.2. The normalized spacial score (nSPS) is 19.7. The second-order valence-corrected chi connectivity index (χ2v) is 8.15. The number of amides is 2. The minimum Gasteiger partial charge on any atom is -0.367 e. The quantitative estimate of drug-likeness (QED) is 0.759. The molecule has 152 valence electrons. The Morgan fingerprint density at radius 1 is 0.966 bits per heavy atom. The molecule has 2 aliphatic heterocycles. The molecular formula is C23H26ClN3O2. The van der Waals surface area contributed by atoms with Gasteiger partial charge in [0.25, 0.3) is 0 Å². The number of carbonyl (C=O) groups is 2. The van der Waals surface area contributed by atoms with Gasteiger partial charge in [-0.25, -0.2) is 0 Å². The Morgan fingerprint density at radius 3 is 2.38 bits per heavy atom. The summed E-state index contributed by atoms with van der Waals surface area (Å²) in [6.45, 7) is 4.06. The zero-order chi connectivity index (χ0) is 20.2. The number of hydrogen-bond donors (Lipinski definition) is 0. The number of hydrogen-bond acceptors (Lipinski definition) is 3. The molecule has 29 heavy (non-hydrogen) atoms. The molecule has 0 spiro atoms. The molecule has 0 aromatic heterocycles. The molecule has 4 rings (SSSR count). The standard InChI is InChI=1S/C23H26ClN3O2/c24-20-8-4-5-9-21(20)25-12-14-26(15-13-25)23(29)19-16-22(28)27(17-19)11-10-18-6-2-1-3-7-18/h1-9,19H,10-17H2. The van der Waals surface area contributed by atoms with Gasteiger partial charge in [-0.1, -0.05) is 54.1 Å². The molecule has 2 aromatic rings. The molecule has 5 nitrogen and oxygen atoms in total. The first-order chi connectivity index (χ1) is 14.1. The van der Waals surface area contributed by atoms with Crippen LogP contribution in [0.4, 0.5) is 5.69 Å². The Hall–Kier alpha value is -2.53. The molecule has 0 radical (unpaired) electrons. The van der Waals surface area contributed by atoms with E-state index in [2.05, 4.69) is 17.0 Å². The Labute approximate surface area is 176 Å². The number of anilines is 1. The molecule has 1 atom stereocenters. The van der Waals surface area contributed by atoms with Crippen LogP contribution in [0.25, 0.3) is 0 Å². The molecule has 0 saturated carbocycles. The highest BCUT2D eigenvalue weighted by Gasteiger charge is 2.37. The van der Waals surface area contributed by atoms with E-state index in [0.29, 0.717) is 32.6 Å². The minimum atomic E-state index is -0.217. The summed E-state index contributed by atoms with van der Waals surface area (Å²) in [7, 11) is 0. The van der Waals surface area contributed by atoms with Gasteiger partial charge in [0.05, 0.1) is 16.6 Å². The van der Waals surface area contributed by atoms with Crippen LogP contribution in [0.15, 0.2) is 54.6 Å². The van der Waals surface area contributed by atoms with Crippen molar-refractivity contribution in [2.75, 3.05) is 44.2 Å². The van der Waals surface area contributed by atoms with Crippen LogP contribution in [0.2, 0.25) is 5.02 Å². The van der Waals surface area contributed by atoms with Gasteiger partial charge in [0.15, 0.2) is 0 Å². The number of nitrogens with zero attached hydrogens (tertiary/aromatic N) is 3. The lowest BCUT2D eigenvalue weighted by molar-refractivity contribution is -0.136. The monoisotopic (exact) mass is 411 g/mol. The largest absolute Gasteiger partial charge is 0.367 e. The summed E-state index contributed by atoms with van der Waals surface area (Å²) in [6.07, 6.45) is 1.16. The average Bonchev–Trinajstić information content (AvgIpc) is 3.13. The summed E-state index contributed by atoms with van der Waals surface area (Å²) in [6, 6.07) is 18.0. The number of para-hydroxylation sites is 1. The SMILES string of the molecule is O=C1CC(C(=O)N2CCN(c3ccccc3Cl)CC2)CN1CCc1ccccc1. The Morgan fingerprint density at radius 2 is 1.66 bits per heavy atom. The van der Waals surface area contributed by atoms with Crippen molar-refractivity contribution in [2.24, 2.45) is 5.92 Å². The van der Waals surface area contributed by atoms with Gasteiger partial charge in [-0.05, 0) is 24.1 Å². The van der Waals surface area contributed by atoms with E-state index >= 15 is 0 Å². The first-order valence-corrected chi connectivity index (χ1v) is 10.6. The third-order valence-electron chi connectivity index (χ3n) is 5.86. The third kappa shape index (κ3) is 4.56. The van der Waals surface area contributed by atoms with Gasteiger partial charge in [0.2, 0.25) is 11.8 Å². The van der Waals surface area contributed by atoms with Crippen LogP contribution in [-0.2, 0) is 16.0 Å². The maximum Gasteiger partial charge on any atom is 0.228 e. The maximum atomic E-state index is 13.0. The van der Waals surface area contributed by atoms with Crippen LogP contribution in [0.3, 0.4) is 0 Å². The highest BCUT2D eigenvalue weighted by Crippen LogP contribution is 2.27. The Balaban J connectivity index is 1.29. The third-order valence-corrected chi connectivity index (χ3v) is 6.18. The molecule has 1 unspecified atom stereocenters. The average molecular weight is 412 g/mol. The Kier molecular flexibility index (Phi) is 6.05. The molecule has 2 amide bonds. The molecule has 0 N–H and O–H groups in total. The van der Waals surface area contributed by atoms with Gasteiger partial charge in [0, 0.05) is 45.7 Å². The van der Waals surface area contributed by atoms with E-state index in [-0.39, 0.29) is 17.7 Å². The van der Waals surface area contributed by atoms with E-state index in [9.17, 15) is 9.59 Å². The van der Waals surface area contributed by atoms with E-state index in [1.54, 1.807) is 0 Å². The number of carbonyl (C=O) groups excluding carboxylic acids is 2. The summed E-state index contributed by atoms with van der Waals surface area (Å²) >= 11 is 6.30. The van der Waals surface area contributed by atoms with Crippen LogP contribution < -0.4 is 4.90 Å². The fourth-order valence-electron chi connectivity index (χ4n) is 4.20. The predicted octanol–water partition coefficient (Wildman–Crippen LogP) is 3.08. The van der Waals surface area contributed by atoms with Crippen molar-refractivity contribution < 1.29 is 9.59 Å². The molecule has 2 saturated heterocycles. The fourth-order valence-corrected chi connectivity index (χ4v) is 4.45. The van der Waals surface area contributed by atoms with Crippen LogP contribution in [0.5, 0.6) is 0 Å². The highest BCUT2D eigenvalue weighted by molar-refractivity contribution is 6.33. The van der Waals surface area contributed by atoms with Crippen molar-refractivity contribution in [3.8, 4) is 0 Å². The maximum absolute atomic E-state index is 13.0. The van der Waals surface area contributed by atoms with Gasteiger partial charge in [-0.15, -0.1) is 0 Å². The lowest BCUT2D eigenvalue weighted by Gasteiger charge is -2.37. The molecule has 2 aromatic carbocycles. The number of piperazine rings is 1. The molecule has 2 heterocycles. The van der Waals surface area contributed by atoms with Crippen LogP contribution in [0, 0.1) is 5.92 Å². The number of likely N-dealkylation sites (tertiary alicyclic amines) is 1. The van der Waals surface area contributed by atoms with Crippen molar-refractivity contribution in [3.63, 3.8) is 0 Å². The fraction of sp³-hybridized carbons (Fsp3) is 0.391. The smallest absolute Gasteiger partial charge is 0.228 e. The topological polar surface area (TPSA) is 43.9 Å². The summed E-state index contributed by atoms with van der Waals surface area (Å²) in [5.74, 6) is -0.0153. The van der Waals surface area contributed by atoms with Crippen molar-refractivity contribution in [3.05, 3.63) is 65.2 Å². The molecular weight excluding hydrogens is 386 g/mol. The molecule has 6 heteroatoms. The summed E-state index contributed by atoms with van der Waals surface area (Å²) < 4.78 is 0. The van der Waals surface area contributed by atoms with Crippen LogP contribution >= 0.6 is 11.6 Å². The van der Waals surface area contributed by atoms with Gasteiger partial charge in [-0.3, -0.25) is 9.59 Å². The van der Waals surface area contributed by atoms with Crippen molar-refractivity contribution in [1.82, 2.24) is 9.80 Å². The van der Waals surface area contributed by atoms with E-state index in [4.69, 9.17) is 11.6 Å². The summed E-state index contributed by atoms with van der Waals surface area (Å²) in [4.78, 5) is 31.4. The number of benzene rings is 2. The van der Waals surface area contributed by atoms with Gasteiger partial charge < -0.3 is 14.7 Å². The summed E-state index contributed by atoms with van der Waals surface area (Å²) in [5, 5.41) is 0.739. The highest BCUT2D eigenvalue weighted by atomic mass is 35.5. The number of rotatable bonds is 5. The first kappa shape index (κ1) is 19.8. The lowest BCUT2D eigenvalue weighted by Crippen LogP contribution is -2.50. The second-order valence-electron chi connectivity index (χ2n) is 7.74. The van der Waals surface area contributed by atoms with Crippen LogP contribution in [-0.4, -0.2) is 60.9 Å². The summed E-state index contributed by atoms with van der Waals surface area (Å²) in [5.41, 5.74) is 2.23. The number of halogens is 1. The minimum absolute atomic E-state index is 0.0917. The van der Waals surface area contributed by atoms with Gasteiger partial charge >= 0.3 is 0 Å². The van der Waals surface area contributed by atoms with E-state index in [1.807, 2.05) is 52.3 Å². The van der Waals surface area contributed by atoms with E-state index in [1.165, 1.54) is 5.56 Å². The van der Waals surface area contributed by atoms with Crippen molar-refractivity contribution in [1.29, 1.82) is 0 Å². The second kappa shape index (κ2) is 8.87. The van der Waals surface area contributed by atoms with Crippen molar-refractivity contribution >= 4 is 29.1 Å². The molecule has 0 aliphatic carbocycles. The van der Waals surface area contributed by atoms with Gasteiger partial charge in [0.1, 0.15) is 0 Å². The van der Waals surface area contributed by atoms with E-state index in [0.717, 1.165) is 30.2 Å². The molecule has 2 aliphatic rings.